The highest BCUT2D eigenvalue weighted by Crippen LogP contribution is 2.06. The summed E-state index contributed by atoms with van der Waals surface area (Å²) in [6, 6.07) is 8.96. The maximum absolute atomic E-state index is 11.6. The van der Waals surface area contributed by atoms with Crippen molar-refractivity contribution in [2.75, 3.05) is 0 Å². The van der Waals surface area contributed by atoms with E-state index in [9.17, 15) is 8.42 Å². The molecule has 18 heavy (non-hydrogen) atoms. The molecular formula is C14H15NO2S. The lowest BCUT2D eigenvalue weighted by Gasteiger charge is -1.97. The van der Waals surface area contributed by atoms with E-state index in [0.717, 1.165) is 5.56 Å². The van der Waals surface area contributed by atoms with Crippen molar-refractivity contribution in [1.29, 1.82) is 0 Å². The molecule has 0 aliphatic rings. The second-order valence-corrected chi connectivity index (χ2v) is 5.14. The fraction of sp³-hybridized carbons (Fsp3) is 0.0714. The molecule has 0 aromatic heterocycles. The van der Waals surface area contributed by atoms with Gasteiger partial charge in [0.1, 0.15) is 0 Å². The first-order valence-corrected chi connectivity index (χ1v) is 7.01. The maximum Gasteiger partial charge on any atom is 0.257 e. The van der Waals surface area contributed by atoms with Crippen LogP contribution in [0.3, 0.4) is 0 Å². The van der Waals surface area contributed by atoms with Crippen molar-refractivity contribution in [2.24, 2.45) is 4.40 Å². The molecule has 0 bridgehead atoms. The number of hydrogen-bond donors (Lipinski definition) is 0. The third-order valence-corrected chi connectivity index (χ3v) is 3.11. The summed E-state index contributed by atoms with van der Waals surface area (Å²) in [7, 11) is -3.45. The zero-order valence-electron chi connectivity index (χ0n) is 9.94. The van der Waals surface area contributed by atoms with E-state index in [2.05, 4.69) is 11.0 Å². The summed E-state index contributed by atoms with van der Waals surface area (Å²) in [5, 5.41) is 0. The van der Waals surface area contributed by atoms with E-state index >= 15 is 0 Å². The van der Waals surface area contributed by atoms with Crippen LogP contribution in [0.1, 0.15) is 5.56 Å². The SMILES string of the molecule is C=C/C=C/C=C/C=N/S(=O)(=O)Cc1ccccc1. The van der Waals surface area contributed by atoms with E-state index in [1.54, 1.807) is 54.6 Å². The van der Waals surface area contributed by atoms with Crippen LogP contribution in [0.5, 0.6) is 0 Å². The van der Waals surface area contributed by atoms with Crippen LogP contribution in [-0.2, 0) is 15.8 Å². The molecule has 94 valence electrons. The van der Waals surface area contributed by atoms with Gasteiger partial charge in [0.2, 0.25) is 0 Å². The molecule has 0 saturated carbocycles. The summed E-state index contributed by atoms with van der Waals surface area (Å²) in [6.07, 6.45) is 9.62. The zero-order chi connectivity index (χ0) is 13.3. The van der Waals surface area contributed by atoms with Crippen LogP contribution >= 0.6 is 0 Å². The van der Waals surface area contributed by atoms with Gasteiger partial charge in [-0.1, -0.05) is 61.2 Å². The van der Waals surface area contributed by atoms with Gasteiger partial charge in [-0.15, -0.1) is 0 Å². The summed E-state index contributed by atoms with van der Waals surface area (Å²) in [5.41, 5.74) is 0.727. The van der Waals surface area contributed by atoms with E-state index in [0.29, 0.717) is 0 Å². The van der Waals surface area contributed by atoms with Gasteiger partial charge in [-0.25, -0.2) is 8.42 Å². The van der Waals surface area contributed by atoms with Crippen molar-refractivity contribution in [1.82, 2.24) is 0 Å². The standard InChI is InChI=1S/C14H15NO2S/c1-2-3-4-5-9-12-15-18(16,17)13-14-10-7-6-8-11-14/h2-12H,1,13H2/b4-3+,9-5+,15-12+. The molecule has 4 heteroatoms. The molecule has 0 atom stereocenters. The highest BCUT2D eigenvalue weighted by molar-refractivity contribution is 7.89. The predicted octanol–water partition coefficient (Wildman–Crippen LogP) is 2.89. The lowest BCUT2D eigenvalue weighted by Crippen LogP contribution is -2.00. The van der Waals surface area contributed by atoms with Crippen molar-refractivity contribution in [2.45, 2.75) is 5.75 Å². The van der Waals surface area contributed by atoms with Crippen molar-refractivity contribution in [3.05, 3.63) is 72.9 Å². The third-order valence-electron chi connectivity index (χ3n) is 1.97. The van der Waals surface area contributed by atoms with E-state index in [4.69, 9.17) is 0 Å². The molecule has 0 spiro atoms. The van der Waals surface area contributed by atoms with Gasteiger partial charge in [-0.05, 0) is 11.6 Å². The van der Waals surface area contributed by atoms with Crippen molar-refractivity contribution in [3.63, 3.8) is 0 Å². The number of hydrogen-bond acceptors (Lipinski definition) is 2. The van der Waals surface area contributed by atoms with Crippen molar-refractivity contribution >= 4 is 16.2 Å². The number of sulfonamides is 1. The number of rotatable bonds is 6. The average Bonchev–Trinajstić information content (AvgIpc) is 2.34. The summed E-state index contributed by atoms with van der Waals surface area (Å²) in [4.78, 5) is 0. The molecule has 1 aromatic carbocycles. The highest BCUT2D eigenvalue weighted by Gasteiger charge is 2.07. The summed E-state index contributed by atoms with van der Waals surface area (Å²) in [5.74, 6) is -0.0827. The van der Waals surface area contributed by atoms with Crippen LogP contribution in [0.4, 0.5) is 0 Å². The Bertz CT molecular complexity index is 555. The predicted molar refractivity (Wildman–Crippen MR) is 76.0 cm³/mol. The Hall–Kier alpha value is -1.94. The Balaban J connectivity index is 2.60. The lowest BCUT2D eigenvalue weighted by atomic mass is 10.2. The Labute approximate surface area is 108 Å². The second-order valence-electron chi connectivity index (χ2n) is 3.47. The Morgan fingerprint density at radius 3 is 2.39 bits per heavy atom. The largest absolute Gasteiger partial charge is 0.257 e. The number of nitrogens with zero attached hydrogens (tertiary/aromatic N) is 1. The molecule has 0 heterocycles. The molecule has 0 aliphatic heterocycles. The van der Waals surface area contributed by atoms with E-state index in [1.807, 2.05) is 6.07 Å². The topological polar surface area (TPSA) is 46.5 Å². The van der Waals surface area contributed by atoms with Crippen LogP contribution in [0.25, 0.3) is 0 Å². The molecule has 0 N–H and O–H groups in total. The maximum atomic E-state index is 11.6. The second kappa shape index (κ2) is 7.40. The van der Waals surface area contributed by atoms with Crippen LogP contribution < -0.4 is 0 Å². The smallest absolute Gasteiger partial charge is 0.204 e. The third kappa shape index (κ3) is 5.96. The van der Waals surface area contributed by atoms with Gasteiger partial charge >= 0.3 is 0 Å². The van der Waals surface area contributed by atoms with Gasteiger partial charge in [-0.3, -0.25) is 0 Å². The molecule has 0 aliphatic carbocycles. The monoisotopic (exact) mass is 261 g/mol. The summed E-state index contributed by atoms with van der Waals surface area (Å²) >= 11 is 0. The minimum atomic E-state index is -3.45. The number of allylic oxidation sites excluding steroid dienone is 5. The zero-order valence-corrected chi connectivity index (χ0v) is 10.8. The van der Waals surface area contributed by atoms with E-state index in [-0.39, 0.29) is 5.75 Å². The fourth-order valence-corrected chi connectivity index (χ4v) is 2.15. The first-order chi connectivity index (χ1) is 8.64. The molecule has 0 fully saturated rings. The van der Waals surface area contributed by atoms with Crippen LogP contribution in [0.2, 0.25) is 0 Å². The molecule has 1 rings (SSSR count). The van der Waals surface area contributed by atoms with Crippen LogP contribution in [-0.4, -0.2) is 14.6 Å². The Morgan fingerprint density at radius 1 is 1.06 bits per heavy atom. The van der Waals surface area contributed by atoms with Gasteiger partial charge < -0.3 is 0 Å². The molecule has 0 saturated heterocycles. The highest BCUT2D eigenvalue weighted by atomic mass is 32.2. The number of benzene rings is 1. The summed E-state index contributed by atoms with van der Waals surface area (Å²) < 4.78 is 26.8. The molecule has 0 amide bonds. The normalized spacial score (nSPS) is 12.7. The molecule has 1 aromatic rings. The van der Waals surface area contributed by atoms with Gasteiger partial charge in [0.05, 0.1) is 5.75 Å². The quantitative estimate of drug-likeness (QED) is 0.584. The van der Waals surface area contributed by atoms with E-state index in [1.165, 1.54) is 6.21 Å². The van der Waals surface area contributed by atoms with Gasteiger partial charge in [0.15, 0.2) is 0 Å². The minimum Gasteiger partial charge on any atom is -0.204 e. The first kappa shape index (κ1) is 14.1. The van der Waals surface area contributed by atoms with Crippen molar-refractivity contribution in [3.8, 4) is 0 Å². The first-order valence-electron chi connectivity index (χ1n) is 5.40. The van der Waals surface area contributed by atoms with Crippen LogP contribution in [0.15, 0.2) is 71.7 Å². The molecular weight excluding hydrogens is 246 g/mol. The molecule has 0 unspecified atom stereocenters. The lowest BCUT2D eigenvalue weighted by molar-refractivity contribution is 0.597. The van der Waals surface area contributed by atoms with Gasteiger partial charge in [-0.2, -0.15) is 4.40 Å². The Kier molecular flexibility index (Phi) is 5.80. The van der Waals surface area contributed by atoms with Gasteiger partial charge in [0.25, 0.3) is 10.0 Å². The Morgan fingerprint density at radius 2 is 1.72 bits per heavy atom. The molecule has 0 radical (unpaired) electrons. The molecule has 3 nitrogen and oxygen atoms in total. The average molecular weight is 261 g/mol. The van der Waals surface area contributed by atoms with E-state index < -0.39 is 10.0 Å². The fourth-order valence-electron chi connectivity index (χ4n) is 1.21. The van der Waals surface area contributed by atoms with Crippen molar-refractivity contribution < 1.29 is 8.42 Å². The van der Waals surface area contributed by atoms with Crippen LogP contribution in [0, 0.1) is 0 Å². The summed E-state index contributed by atoms with van der Waals surface area (Å²) in [6.45, 7) is 3.51. The minimum absolute atomic E-state index is 0.0827. The van der Waals surface area contributed by atoms with Gasteiger partial charge in [0, 0.05) is 6.21 Å².